The van der Waals surface area contributed by atoms with Crippen LogP contribution in [0, 0.1) is 0 Å². The lowest BCUT2D eigenvalue weighted by molar-refractivity contribution is 1.10. The Hall–Kier alpha value is -11.4. The quantitative estimate of drug-likeness (QED) is 0.119. The van der Waals surface area contributed by atoms with E-state index in [1.165, 1.54) is 80.7 Å². The lowest BCUT2D eigenvalue weighted by Crippen LogP contribution is -2.64. The maximum atomic E-state index is 5.51. The van der Waals surface area contributed by atoms with Crippen LogP contribution in [0.25, 0.3) is 39.2 Å². The highest BCUT2D eigenvalue weighted by atomic mass is 32.2. The molecule has 4 aliphatic rings. The van der Waals surface area contributed by atoms with Gasteiger partial charge >= 0.3 is 0 Å². The molecule has 0 spiro atoms. The van der Waals surface area contributed by atoms with E-state index in [-0.39, 0.29) is 13.4 Å². The van der Waals surface area contributed by atoms with E-state index in [4.69, 9.17) is 4.98 Å². The molecule has 0 bridgehead atoms. The van der Waals surface area contributed by atoms with Crippen LogP contribution in [0.3, 0.4) is 0 Å². The van der Waals surface area contributed by atoms with Crippen LogP contribution < -0.4 is 52.4 Å². The van der Waals surface area contributed by atoms with E-state index in [1.807, 2.05) is 23.5 Å². The second-order valence-corrected chi connectivity index (χ2v) is 26.7. The number of benzene rings is 14. The van der Waals surface area contributed by atoms with Crippen molar-refractivity contribution in [1.29, 1.82) is 0 Å². The minimum atomic E-state index is -0.145. The summed E-state index contributed by atoms with van der Waals surface area (Å²) in [5.41, 5.74) is 27.6. The highest BCUT2D eigenvalue weighted by Gasteiger charge is 2.48. The molecule has 0 radical (unpaired) electrons. The Morgan fingerprint density at radius 1 is 0.295 bits per heavy atom. The molecular formula is C85H56B2N6S2. The molecule has 10 heteroatoms. The zero-order chi connectivity index (χ0) is 62.5. The molecule has 0 saturated carbocycles. The topological polar surface area (TPSA) is 30.8 Å². The summed E-state index contributed by atoms with van der Waals surface area (Å²) in [5.74, 6) is 0.902. The molecule has 4 aliphatic heterocycles. The van der Waals surface area contributed by atoms with Gasteiger partial charge < -0.3 is 19.6 Å². The minimum absolute atomic E-state index is 0.145. The summed E-state index contributed by atoms with van der Waals surface area (Å²) in [6.45, 7) is -0.289. The van der Waals surface area contributed by atoms with Crippen molar-refractivity contribution in [2.24, 2.45) is 0 Å². The van der Waals surface area contributed by atoms with Gasteiger partial charge in [-0.3, -0.25) is 4.57 Å². The van der Waals surface area contributed by atoms with Gasteiger partial charge in [-0.25, -0.2) is 4.98 Å². The Labute approximate surface area is 561 Å². The van der Waals surface area contributed by atoms with E-state index in [9.17, 15) is 0 Å². The zero-order valence-corrected chi connectivity index (χ0v) is 53.1. The third kappa shape index (κ3) is 9.04. The van der Waals surface area contributed by atoms with Crippen molar-refractivity contribution in [2.75, 3.05) is 19.6 Å². The molecule has 14 aromatic carbocycles. The van der Waals surface area contributed by atoms with Crippen molar-refractivity contribution in [1.82, 2.24) is 9.55 Å². The standard InChI is InChI=1S/C85H56B2N6S2/c1-9-29-57(30-10-1)85-88-72-50-49-58(51-75(72)93(85)65-43-23-8-24-44-65)80-83-70(86-68-45-25-27-47-73(68)91(63-39-19-6-20-40-63)76-52-66(54-78(94-83)81(76)86)89(59-31-11-2-12-32-59)60-33-13-3-14-34-60)56-71-84(80)95-79-55-67(90(61-35-15-4-16-36-61)62-37-17-5-18-38-62)53-77-82(79)87(71)69-46-26-28-48-74(69)92(77)64-41-21-7-22-42-64/h1-56H. The molecule has 0 amide bonds. The van der Waals surface area contributed by atoms with E-state index >= 15 is 0 Å². The number of aromatic nitrogens is 2. The van der Waals surface area contributed by atoms with Crippen LogP contribution in [0.2, 0.25) is 0 Å². The molecule has 1 aromatic heterocycles. The molecule has 0 fully saturated rings. The smallest absolute Gasteiger partial charge is 0.249 e. The predicted molar refractivity (Wildman–Crippen MR) is 401 cm³/mol. The third-order valence-corrected chi connectivity index (χ3v) is 21.6. The molecule has 0 aliphatic carbocycles. The van der Waals surface area contributed by atoms with Gasteiger partial charge in [0.25, 0.3) is 0 Å². The monoisotopic (exact) mass is 1250 g/mol. The minimum Gasteiger partial charge on any atom is -0.311 e. The molecule has 0 atom stereocenters. The van der Waals surface area contributed by atoms with Crippen molar-refractivity contribution in [3.05, 3.63) is 340 Å². The molecule has 6 nitrogen and oxygen atoms in total. The second-order valence-electron chi connectivity index (χ2n) is 24.6. The fraction of sp³-hybridized carbons (Fsp3) is 0. The molecule has 95 heavy (non-hydrogen) atoms. The first-order chi connectivity index (χ1) is 47.2. The number of para-hydroxylation sites is 9. The van der Waals surface area contributed by atoms with Crippen LogP contribution in [0.5, 0.6) is 0 Å². The lowest BCUT2D eigenvalue weighted by atomic mass is 9.31. The summed E-state index contributed by atoms with van der Waals surface area (Å²) in [6, 6.07) is 125. The van der Waals surface area contributed by atoms with Crippen LogP contribution in [-0.4, -0.2) is 23.0 Å². The average molecular weight is 1250 g/mol. The average Bonchev–Trinajstić information content (AvgIpc) is 0.936. The van der Waals surface area contributed by atoms with E-state index in [0.29, 0.717) is 0 Å². The maximum Gasteiger partial charge on any atom is 0.249 e. The van der Waals surface area contributed by atoms with E-state index in [1.54, 1.807) is 0 Å². The second kappa shape index (κ2) is 22.7. The Bertz CT molecular complexity index is 5120. The van der Waals surface area contributed by atoms with Crippen molar-refractivity contribution in [3.63, 3.8) is 0 Å². The van der Waals surface area contributed by atoms with Gasteiger partial charge in [0.1, 0.15) is 5.82 Å². The first kappa shape index (κ1) is 55.2. The van der Waals surface area contributed by atoms with Gasteiger partial charge in [-0.2, -0.15) is 0 Å². The Balaban J connectivity index is 0.931. The zero-order valence-electron chi connectivity index (χ0n) is 51.5. The Kier molecular flexibility index (Phi) is 13.2. The molecule has 19 rings (SSSR count). The van der Waals surface area contributed by atoms with E-state index in [2.05, 4.69) is 364 Å². The number of fused-ring (bicyclic) bond motifs is 9. The number of rotatable bonds is 11. The summed E-state index contributed by atoms with van der Waals surface area (Å²) in [4.78, 5) is 20.4. The third-order valence-electron chi connectivity index (χ3n) is 19.2. The maximum absolute atomic E-state index is 5.51. The van der Waals surface area contributed by atoms with Gasteiger partial charge in [0.2, 0.25) is 13.4 Å². The number of hydrogen-bond acceptors (Lipinski definition) is 7. The van der Waals surface area contributed by atoms with Crippen LogP contribution in [-0.2, 0) is 0 Å². The van der Waals surface area contributed by atoms with Gasteiger partial charge in [-0.15, -0.1) is 0 Å². The lowest BCUT2D eigenvalue weighted by Gasteiger charge is -2.44. The molecule has 15 aromatic rings. The Morgan fingerprint density at radius 2 is 0.674 bits per heavy atom. The predicted octanol–water partition coefficient (Wildman–Crippen LogP) is 18.8. The summed E-state index contributed by atoms with van der Waals surface area (Å²) >= 11 is 3.87. The Morgan fingerprint density at radius 3 is 1.11 bits per heavy atom. The molecule has 0 unspecified atom stereocenters. The van der Waals surface area contributed by atoms with E-state index < -0.39 is 0 Å². The molecule has 0 saturated heterocycles. The van der Waals surface area contributed by atoms with Crippen molar-refractivity contribution in [3.8, 4) is 28.2 Å². The van der Waals surface area contributed by atoms with E-state index in [0.717, 1.165) is 79.2 Å². The first-order valence-corrected chi connectivity index (χ1v) is 34.0. The van der Waals surface area contributed by atoms with Gasteiger partial charge in [0.15, 0.2) is 0 Å². The van der Waals surface area contributed by atoms with Crippen molar-refractivity contribution < 1.29 is 0 Å². The summed E-state index contributed by atoms with van der Waals surface area (Å²) < 4.78 is 2.37. The van der Waals surface area contributed by atoms with Crippen LogP contribution >= 0.6 is 23.5 Å². The SMILES string of the molecule is c1ccc(-c2nc3ccc(-c4c5c(cc6c4Sc4cc(N(c7ccccc7)c7ccccc7)cc7c4B6c4ccccc4N7c4ccccc4)B4c6ccccc6N(c6ccccc6)c6cc(N(c7ccccc7)c7ccccc7)cc(c64)S5)cc3n2-c2ccccc2)cc1. The summed E-state index contributed by atoms with van der Waals surface area (Å²) in [6.07, 6.45) is 0. The van der Waals surface area contributed by atoms with Crippen LogP contribution in [0.4, 0.5) is 68.2 Å². The molecule has 444 valence electrons. The van der Waals surface area contributed by atoms with Gasteiger partial charge in [0, 0.05) is 105 Å². The van der Waals surface area contributed by atoms with Crippen molar-refractivity contribution in [2.45, 2.75) is 19.6 Å². The molecular weight excluding hydrogens is 1190 g/mol. The summed E-state index contributed by atoms with van der Waals surface area (Å²) in [5, 5.41) is 0. The highest BCUT2D eigenvalue weighted by molar-refractivity contribution is 8.01. The highest BCUT2D eigenvalue weighted by Crippen LogP contribution is 2.53. The van der Waals surface area contributed by atoms with Gasteiger partial charge in [-0.1, -0.05) is 241 Å². The van der Waals surface area contributed by atoms with Gasteiger partial charge in [0.05, 0.1) is 11.0 Å². The molecule has 5 heterocycles. The molecule has 0 N–H and O–H groups in total. The number of imidazole rings is 1. The fourth-order valence-electron chi connectivity index (χ4n) is 15.2. The number of hydrogen-bond donors (Lipinski definition) is 0. The first-order valence-electron chi connectivity index (χ1n) is 32.4. The van der Waals surface area contributed by atoms with Crippen molar-refractivity contribution >= 4 is 149 Å². The fourth-order valence-corrected chi connectivity index (χ4v) is 18.0. The normalized spacial score (nSPS) is 12.9. The van der Waals surface area contributed by atoms with Gasteiger partial charge in [-0.05, 0) is 161 Å². The number of anilines is 12. The number of nitrogens with zero attached hydrogens (tertiary/aromatic N) is 6. The van der Waals surface area contributed by atoms with Crippen LogP contribution in [0.15, 0.2) is 359 Å². The van der Waals surface area contributed by atoms with Crippen LogP contribution in [0.1, 0.15) is 0 Å². The summed E-state index contributed by atoms with van der Waals surface area (Å²) in [7, 11) is 0. The largest absolute Gasteiger partial charge is 0.311 e.